The molecule has 0 radical (unpaired) electrons. The Balaban J connectivity index is 1.60. The molecule has 1 aliphatic carbocycles. The zero-order valence-corrected chi connectivity index (χ0v) is 16.7. The summed E-state index contributed by atoms with van der Waals surface area (Å²) < 4.78 is 5.27. The molecule has 0 saturated heterocycles. The van der Waals surface area contributed by atoms with Crippen molar-refractivity contribution in [1.82, 2.24) is 0 Å². The first-order valence-corrected chi connectivity index (χ1v) is 9.98. The molecule has 1 aliphatic rings. The number of thiophene rings is 1. The minimum Gasteiger partial charge on any atom is -0.453 e. The van der Waals surface area contributed by atoms with Crippen LogP contribution < -0.4 is 0 Å². The Bertz CT molecular complexity index is 809. The maximum absolute atomic E-state index is 12.3. The summed E-state index contributed by atoms with van der Waals surface area (Å²) >= 11 is 1.51. The van der Waals surface area contributed by atoms with Gasteiger partial charge >= 0.3 is 5.97 Å². The van der Waals surface area contributed by atoms with E-state index in [0.29, 0.717) is 16.4 Å². The summed E-state index contributed by atoms with van der Waals surface area (Å²) in [5.41, 5.74) is 3.06. The molecule has 1 aromatic heterocycles. The smallest absolute Gasteiger partial charge is 0.348 e. The van der Waals surface area contributed by atoms with Gasteiger partial charge in [-0.05, 0) is 47.8 Å². The van der Waals surface area contributed by atoms with Crippen LogP contribution in [0.15, 0.2) is 30.3 Å². The van der Waals surface area contributed by atoms with Crippen molar-refractivity contribution >= 4 is 23.1 Å². The van der Waals surface area contributed by atoms with Gasteiger partial charge in [-0.2, -0.15) is 0 Å². The first-order valence-electron chi connectivity index (χ1n) is 9.16. The second kappa shape index (κ2) is 7.36. The monoisotopic (exact) mass is 370 g/mol. The zero-order chi connectivity index (χ0) is 18.9. The highest BCUT2D eigenvalue weighted by Crippen LogP contribution is 2.32. The Labute approximate surface area is 159 Å². The molecule has 1 heterocycles. The average molecular weight is 371 g/mol. The van der Waals surface area contributed by atoms with Crippen LogP contribution in [0.25, 0.3) is 0 Å². The Hall–Kier alpha value is -1.94. The minimum absolute atomic E-state index is 0.0455. The highest BCUT2D eigenvalue weighted by molar-refractivity contribution is 7.14. The number of esters is 1. The van der Waals surface area contributed by atoms with Crippen molar-refractivity contribution in [1.29, 1.82) is 0 Å². The predicted molar refractivity (Wildman–Crippen MR) is 105 cm³/mol. The lowest BCUT2D eigenvalue weighted by molar-refractivity contribution is 0.0479. The number of hydrogen-bond acceptors (Lipinski definition) is 4. The molecular formula is C22H26O3S. The van der Waals surface area contributed by atoms with Gasteiger partial charge in [0.1, 0.15) is 4.88 Å². The van der Waals surface area contributed by atoms with Gasteiger partial charge in [-0.3, -0.25) is 4.79 Å². The van der Waals surface area contributed by atoms with E-state index in [2.05, 4.69) is 27.7 Å². The number of carbonyl (C=O) groups is 2. The topological polar surface area (TPSA) is 43.4 Å². The molecule has 0 unspecified atom stereocenters. The summed E-state index contributed by atoms with van der Waals surface area (Å²) in [5, 5.41) is 0. The number of carbonyl (C=O) groups excluding carboxylic acids is 2. The van der Waals surface area contributed by atoms with Crippen LogP contribution in [-0.2, 0) is 23.0 Å². The standard InChI is InChI=1S/C22H26O3S/c1-14-5-10-19-16(11-14)12-20(26-19)21(24)25-13-18(23)15-6-8-17(9-7-15)22(2,3)4/h6-9,12,14H,5,10-11,13H2,1-4H3/t14-/m0/s1. The van der Waals surface area contributed by atoms with Crippen molar-refractivity contribution < 1.29 is 14.3 Å². The number of rotatable bonds is 4. The Morgan fingerprint density at radius 3 is 2.54 bits per heavy atom. The van der Waals surface area contributed by atoms with Gasteiger partial charge in [0.15, 0.2) is 12.4 Å². The third kappa shape index (κ3) is 4.24. The normalized spacial score (nSPS) is 16.8. The summed E-state index contributed by atoms with van der Waals surface area (Å²) in [6.07, 6.45) is 3.23. The van der Waals surface area contributed by atoms with Crippen LogP contribution in [0.5, 0.6) is 0 Å². The van der Waals surface area contributed by atoms with Crippen molar-refractivity contribution in [2.45, 2.75) is 52.4 Å². The lowest BCUT2D eigenvalue weighted by atomic mass is 9.86. The van der Waals surface area contributed by atoms with Gasteiger partial charge in [-0.1, -0.05) is 52.0 Å². The van der Waals surface area contributed by atoms with Gasteiger partial charge in [0, 0.05) is 10.4 Å². The van der Waals surface area contributed by atoms with E-state index < -0.39 is 5.97 Å². The van der Waals surface area contributed by atoms with Crippen molar-refractivity contribution in [3.8, 4) is 0 Å². The van der Waals surface area contributed by atoms with Crippen LogP contribution in [0.4, 0.5) is 0 Å². The number of benzene rings is 1. The van der Waals surface area contributed by atoms with Crippen LogP contribution in [-0.4, -0.2) is 18.4 Å². The third-order valence-corrected chi connectivity index (χ3v) is 6.15. The molecule has 4 heteroatoms. The van der Waals surface area contributed by atoms with Gasteiger partial charge in [0.25, 0.3) is 0 Å². The van der Waals surface area contributed by atoms with Crippen molar-refractivity contribution in [2.24, 2.45) is 5.92 Å². The SMILES string of the molecule is C[C@H]1CCc2sc(C(=O)OCC(=O)c3ccc(C(C)(C)C)cc3)cc2C1. The van der Waals surface area contributed by atoms with E-state index in [1.54, 1.807) is 0 Å². The molecule has 0 amide bonds. The molecule has 1 aromatic carbocycles. The molecule has 0 bridgehead atoms. The lowest BCUT2D eigenvalue weighted by Gasteiger charge is -2.18. The van der Waals surface area contributed by atoms with Crippen molar-refractivity contribution in [2.75, 3.05) is 6.61 Å². The van der Waals surface area contributed by atoms with Crippen molar-refractivity contribution in [3.05, 3.63) is 56.8 Å². The van der Waals surface area contributed by atoms with Crippen molar-refractivity contribution in [3.63, 3.8) is 0 Å². The first kappa shape index (κ1) is 18.8. The molecule has 2 aromatic rings. The molecule has 0 spiro atoms. The number of ketones is 1. The van der Waals surface area contributed by atoms with Gasteiger partial charge in [-0.25, -0.2) is 4.79 Å². The second-order valence-electron chi connectivity index (χ2n) is 8.23. The summed E-state index contributed by atoms with van der Waals surface area (Å²) in [6.45, 7) is 8.42. The molecule has 0 N–H and O–H groups in total. The number of fused-ring (bicyclic) bond motifs is 1. The zero-order valence-electron chi connectivity index (χ0n) is 15.9. The number of ether oxygens (including phenoxy) is 1. The van der Waals surface area contributed by atoms with E-state index in [1.165, 1.54) is 33.8 Å². The maximum atomic E-state index is 12.3. The van der Waals surface area contributed by atoms with Crippen LogP contribution >= 0.6 is 11.3 Å². The van der Waals surface area contributed by atoms with E-state index in [1.807, 2.05) is 30.3 Å². The quantitative estimate of drug-likeness (QED) is 0.548. The fraction of sp³-hybridized carbons (Fsp3) is 0.455. The van der Waals surface area contributed by atoms with E-state index in [0.717, 1.165) is 12.8 Å². The average Bonchev–Trinajstić information content (AvgIpc) is 3.02. The molecular weight excluding hydrogens is 344 g/mol. The van der Waals surface area contributed by atoms with Crippen LogP contribution in [0, 0.1) is 5.92 Å². The van der Waals surface area contributed by atoms with Crippen LogP contribution in [0.2, 0.25) is 0 Å². The Morgan fingerprint density at radius 2 is 1.88 bits per heavy atom. The number of hydrogen-bond donors (Lipinski definition) is 0. The minimum atomic E-state index is -0.392. The molecule has 0 saturated carbocycles. The molecule has 0 fully saturated rings. The number of aryl methyl sites for hydroxylation is 1. The molecule has 1 atom stereocenters. The summed E-state index contributed by atoms with van der Waals surface area (Å²) in [7, 11) is 0. The summed E-state index contributed by atoms with van der Waals surface area (Å²) in [4.78, 5) is 26.5. The van der Waals surface area contributed by atoms with Gasteiger partial charge < -0.3 is 4.74 Å². The molecule has 3 nitrogen and oxygen atoms in total. The number of Topliss-reactive ketones (excluding diaryl/α,β-unsaturated/α-hetero) is 1. The fourth-order valence-corrected chi connectivity index (χ4v) is 4.35. The maximum Gasteiger partial charge on any atom is 0.348 e. The second-order valence-corrected chi connectivity index (χ2v) is 9.37. The molecule has 26 heavy (non-hydrogen) atoms. The molecule has 138 valence electrons. The van der Waals surface area contributed by atoms with E-state index in [4.69, 9.17) is 4.74 Å². The Morgan fingerprint density at radius 1 is 1.19 bits per heavy atom. The lowest BCUT2D eigenvalue weighted by Crippen LogP contribution is -2.15. The van der Waals surface area contributed by atoms with Gasteiger partial charge in [-0.15, -0.1) is 11.3 Å². The highest BCUT2D eigenvalue weighted by atomic mass is 32.1. The molecule has 0 aliphatic heterocycles. The highest BCUT2D eigenvalue weighted by Gasteiger charge is 2.22. The summed E-state index contributed by atoms with van der Waals surface area (Å²) in [6, 6.07) is 9.48. The largest absolute Gasteiger partial charge is 0.453 e. The van der Waals surface area contributed by atoms with Gasteiger partial charge in [0.2, 0.25) is 0 Å². The first-order chi connectivity index (χ1) is 12.2. The van der Waals surface area contributed by atoms with Gasteiger partial charge in [0.05, 0.1) is 0 Å². The van der Waals surface area contributed by atoms with Crippen LogP contribution in [0.1, 0.15) is 70.1 Å². The fourth-order valence-electron chi connectivity index (χ4n) is 3.25. The summed E-state index contributed by atoms with van der Waals surface area (Å²) in [5.74, 6) is 0.101. The van der Waals surface area contributed by atoms with E-state index in [9.17, 15) is 9.59 Å². The van der Waals surface area contributed by atoms with Crippen LogP contribution in [0.3, 0.4) is 0 Å². The third-order valence-electron chi connectivity index (χ3n) is 4.94. The van der Waals surface area contributed by atoms with E-state index >= 15 is 0 Å². The predicted octanol–water partition coefficient (Wildman–Crippen LogP) is 5.21. The van der Waals surface area contributed by atoms with E-state index in [-0.39, 0.29) is 17.8 Å². The molecule has 3 rings (SSSR count). The Kier molecular flexibility index (Phi) is 5.33.